The maximum Gasteiger partial charge on any atom is 0.349 e. The van der Waals surface area contributed by atoms with E-state index in [-0.39, 0.29) is 16.4 Å². The molecule has 6 nitrogen and oxygen atoms in total. The summed E-state index contributed by atoms with van der Waals surface area (Å²) in [5.74, 6) is -2.63. The Labute approximate surface area is 163 Å². The molecule has 0 aliphatic rings. The Kier molecular flexibility index (Phi) is 5.90. The van der Waals surface area contributed by atoms with Crippen LogP contribution in [0.25, 0.3) is 10.4 Å². The van der Waals surface area contributed by atoms with E-state index >= 15 is 0 Å². The Morgan fingerprint density at radius 3 is 2.50 bits per heavy atom. The van der Waals surface area contributed by atoms with Gasteiger partial charge in [0.15, 0.2) is 11.5 Å². The molecule has 144 valence electrons. The third-order valence-corrected chi connectivity index (χ3v) is 4.95. The minimum atomic E-state index is -1.18. The average molecular weight is 401 g/mol. The van der Waals surface area contributed by atoms with Gasteiger partial charge in [0.05, 0.1) is 0 Å². The first-order valence-electron chi connectivity index (χ1n) is 8.23. The molecule has 2 aromatic carbocycles. The van der Waals surface area contributed by atoms with Gasteiger partial charge in [-0.3, -0.25) is 0 Å². The SMILES string of the molecule is O=C(O)COc1cc(-c2cccc(NCc3ccc(F)cc3)c2)sc1C(=O)O. The largest absolute Gasteiger partial charge is 0.480 e. The van der Waals surface area contributed by atoms with Crippen LogP contribution in [0.15, 0.2) is 54.6 Å². The minimum Gasteiger partial charge on any atom is -0.480 e. The lowest BCUT2D eigenvalue weighted by molar-refractivity contribution is -0.139. The fraction of sp³-hybridized carbons (Fsp3) is 0.100. The summed E-state index contributed by atoms with van der Waals surface area (Å²) < 4.78 is 18.1. The first-order valence-corrected chi connectivity index (χ1v) is 9.04. The van der Waals surface area contributed by atoms with Crippen molar-refractivity contribution in [3.8, 4) is 16.2 Å². The quantitative estimate of drug-likeness (QED) is 0.520. The lowest BCUT2D eigenvalue weighted by Crippen LogP contribution is -2.10. The zero-order chi connectivity index (χ0) is 20.1. The van der Waals surface area contributed by atoms with Crippen LogP contribution in [-0.2, 0) is 11.3 Å². The van der Waals surface area contributed by atoms with Gasteiger partial charge >= 0.3 is 11.9 Å². The van der Waals surface area contributed by atoms with Crippen molar-refractivity contribution in [2.24, 2.45) is 0 Å². The number of aliphatic carboxylic acids is 1. The maximum absolute atomic E-state index is 13.0. The number of anilines is 1. The van der Waals surface area contributed by atoms with Gasteiger partial charge in [0.1, 0.15) is 11.6 Å². The molecule has 0 amide bonds. The molecule has 0 fully saturated rings. The van der Waals surface area contributed by atoms with Crippen molar-refractivity contribution in [1.82, 2.24) is 0 Å². The summed E-state index contributed by atoms with van der Waals surface area (Å²) in [6.07, 6.45) is 0. The van der Waals surface area contributed by atoms with Gasteiger partial charge < -0.3 is 20.3 Å². The van der Waals surface area contributed by atoms with Crippen molar-refractivity contribution < 1.29 is 28.9 Å². The number of carboxylic acids is 2. The predicted octanol–water partition coefficient (Wildman–Crippen LogP) is 4.33. The van der Waals surface area contributed by atoms with Crippen LogP contribution in [0.1, 0.15) is 15.2 Å². The zero-order valence-corrected chi connectivity index (χ0v) is 15.3. The second-order valence-corrected chi connectivity index (χ2v) is 6.90. The van der Waals surface area contributed by atoms with E-state index in [4.69, 9.17) is 9.84 Å². The van der Waals surface area contributed by atoms with Crippen molar-refractivity contribution in [3.05, 3.63) is 70.9 Å². The molecule has 0 aliphatic carbocycles. The van der Waals surface area contributed by atoms with E-state index in [2.05, 4.69) is 5.32 Å². The van der Waals surface area contributed by atoms with E-state index in [1.807, 2.05) is 24.3 Å². The van der Waals surface area contributed by atoms with E-state index in [0.717, 1.165) is 28.2 Å². The first kappa shape index (κ1) is 19.4. The summed E-state index contributed by atoms with van der Waals surface area (Å²) in [5, 5.41) is 21.3. The number of benzene rings is 2. The first-order chi connectivity index (χ1) is 13.4. The van der Waals surface area contributed by atoms with Crippen LogP contribution in [0.3, 0.4) is 0 Å². The highest BCUT2D eigenvalue weighted by molar-refractivity contribution is 7.17. The Morgan fingerprint density at radius 2 is 1.82 bits per heavy atom. The normalized spacial score (nSPS) is 10.5. The number of carbonyl (C=O) groups is 2. The average Bonchev–Trinajstić information content (AvgIpc) is 3.11. The third-order valence-electron chi connectivity index (χ3n) is 3.80. The van der Waals surface area contributed by atoms with Crippen molar-refractivity contribution in [3.63, 3.8) is 0 Å². The standard InChI is InChI=1S/C20H16FNO5S/c21-14-6-4-12(5-7-14)10-22-15-3-1-2-13(8-15)17-9-16(27-11-18(23)24)19(28-17)20(25)26/h1-9,22H,10-11H2,(H,23,24)(H,25,26). The number of hydrogen-bond donors (Lipinski definition) is 3. The molecule has 28 heavy (non-hydrogen) atoms. The molecule has 8 heteroatoms. The number of halogens is 1. The van der Waals surface area contributed by atoms with Gasteiger partial charge in [-0.15, -0.1) is 11.3 Å². The number of hydrogen-bond acceptors (Lipinski definition) is 5. The van der Waals surface area contributed by atoms with E-state index in [1.54, 1.807) is 12.1 Å². The molecule has 1 aromatic heterocycles. The van der Waals surface area contributed by atoms with Gasteiger partial charge in [-0.1, -0.05) is 24.3 Å². The van der Waals surface area contributed by atoms with Gasteiger partial charge in [0, 0.05) is 17.1 Å². The summed E-state index contributed by atoms with van der Waals surface area (Å²) in [6.45, 7) is -0.114. The van der Waals surface area contributed by atoms with Gasteiger partial charge in [-0.05, 0) is 41.5 Å². The van der Waals surface area contributed by atoms with E-state index in [9.17, 15) is 19.1 Å². The smallest absolute Gasteiger partial charge is 0.349 e. The number of aromatic carboxylic acids is 1. The molecular weight excluding hydrogens is 385 g/mol. The number of ether oxygens (including phenoxy) is 1. The highest BCUT2D eigenvalue weighted by Crippen LogP contribution is 2.37. The molecule has 0 saturated heterocycles. The molecule has 3 rings (SSSR count). The second-order valence-electron chi connectivity index (χ2n) is 5.85. The number of nitrogens with one attached hydrogen (secondary N) is 1. The maximum atomic E-state index is 13.0. The molecule has 0 bridgehead atoms. The van der Waals surface area contributed by atoms with Crippen LogP contribution in [-0.4, -0.2) is 28.8 Å². The van der Waals surface area contributed by atoms with E-state index in [1.165, 1.54) is 18.2 Å². The molecule has 0 spiro atoms. The van der Waals surface area contributed by atoms with Gasteiger partial charge in [-0.25, -0.2) is 14.0 Å². The van der Waals surface area contributed by atoms with Crippen molar-refractivity contribution in [2.75, 3.05) is 11.9 Å². The monoisotopic (exact) mass is 401 g/mol. The molecule has 0 saturated carbocycles. The number of rotatable bonds is 8. The molecule has 0 radical (unpaired) electrons. The Hall–Kier alpha value is -3.39. The molecule has 3 N–H and O–H groups in total. The summed E-state index contributed by atoms with van der Waals surface area (Å²) >= 11 is 1.01. The summed E-state index contributed by atoms with van der Waals surface area (Å²) in [7, 11) is 0. The highest BCUT2D eigenvalue weighted by atomic mass is 32.1. The zero-order valence-electron chi connectivity index (χ0n) is 14.5. The van der Waals surface area contributed by atoms with Crippen LogP contribution in [0.5, 0.6) is 5.75 Å². The molecule has 0 aliphatic heterocycles. The molecule has 0 atom stereocenters. The Balaban J connectivity index is 1.79. The van der Waals surface area contributed by atoms with Crippen molar-refractivity contribution in [2.45, 2.75) is 6.54 Å². The van der Waals surface area contributed by atoms with Crippen LogP contribution in [0.4, 0.5) is 10.1 Å². The fourth-order valence-electron chi connectivity index (χ4n) is 2.50. The highest BCUT2D eigenvalue weighted by Gasteiger charge is 2.18. The van der Waals surface area contributed by atoms with Crippen LogP contribution < -0.4 is 10.1 Å². The summed E-state index contributed by atoms with van der Waals surface area (Å²) in [6, 6.07) is 15.0. The van der Waals surface area contributed by atoms with E-state index < -0.39 is 18.5 Å². The predicted molar refractivity (Wildman–Crippen MR) is 104 cm³/mol. The third kappa shape index (κ3) is 4.86. The van der Waals surface area contributed by atoms with Gasteiger partial charge in [0.2, 0.25) is 0 Å². The lowest BCUT2D eigenvalue weighted by atomic mass is 10.1. The van der Waals surface area contributed by atoms with E-state index in [0.29, 0.717) is 11.4 Å². The molecular formula is C20H16FNO5S. The minimum absolute atomic E-state index is 0.0274. The fourth-order valence-corrected chi connectivity index (χ4v) is 3.44. The molecule has 1 heterocycles. The number of carboxylic acid groups (broad SMARTS) is 2. The van der Waals surface area contributed by atoms with Crippen molar-refractivity contribution >= 4 is 29.0 Å². The van der Waals surface area contributed by atoms with Crippen LogP contribution in [0, 0.1) is 5.82 Å². The molecule has 0 unspecified atom stereocenters. The van der Waals surface area contributed by atoms with Crippen LogP contribution in [0.2, 0.25) is 0 Å². The van der Waals surface area contributed by atoms with Crippen molar-refractivity contribution in [1.29, 1.82) is 0 Å². The summed E-state index contributed by atoms with van der Waals surface area (Å²) in [4.78, 5) is 22.7. The summed E-state index contributed by atoms with van der Waals surface area (Å²) in [5.41, 5.74) is 2.49. The van der Waals surface area contributed by atoms with Gasteiger partial charge in [0.25, 0.3) is 0 Å². The lowest BCUT2D eigenvalue weighted by Gasteiger charge is -2.08. The van der Waals surface area contributed by atoms with Gasteiger partial charge in [-0.2, -0.15) is 0 Å². The molecule has 3 aromatic rings. The van der Waals surface area contributed by atoms with Crippen LogP contribution >= 0.6 is 11.3 Å². The second kappa shape index (κ2) is 8.53. The number of thiophene rings is 1. The topological polar surface area (TPSA) is 95.9 Å². The Bertz CT molecular complexity index is 1000. The Morgan fingerprint density at radius 1 is 1.07 bits per heavy atom.